The van der Waals surface area contributed by atoms with Crippen molar-refractivity contribution in [2.75, 3.05) is 11.9 Å². The Kier molecular flexibility index (Phi) is 7.04. The first kappa shape index (κ1) is 22.5. The van der Waals surface area contributed by atoms with E-state index >= 15 is 0 Å². The molecule has 0 spiro atoms. The zero-order chi connectivity index (χ0) is 22.4. The van der Waals surface area contributed by atoms with Crippen LogP contribution in [0.1, 0.15) is 31.9 Å². The summed E-state index contributed by atoms with van der Waals surface area (Å²) in [4.78, 5) is 23.6. The molecule has 0 aliphatic carbocycles. The average Bonchev–Trinajstić information content (AvgIpc) is 2.73. The van der Waals surface area contributed by atoms with Gasteiger partial charge in [-0.2, -0.15) is 0 Å². The van der Waals surface area contributed by atoms with Crippen LogP contribution in [0.4, 0.5) is 5.69 Å². The molecule has 2 amide bonds. The third-order valence-corrected chi connectivity index (χ3v) is 6.22. The van der Waals surface area contributed by atoms with Gasteiger partial charge in [-0.15, -0.1) is 0 Å². The first-order valence-corrected chi connectivity index (χ1v) is 11.4. The Bertz CT molecular complexity index is 1210. The van der Waals surface area contributed by atoms with E-state index in [1.165, 1.54) is 6.92 Å². The maximum atomic E-state index is 12.5. The molecule has 3 aromatic carbocycles. The standard InChI is InChI=1S/C23H25N3O4S/c1-16(19-8-5-9-21(14-19)26-17(2)27)25-23(28)12-13-24-31(29,30)22-11-10-18-6-3-4-7-20(18)15-22/h3-11,14-16,24H,12-13H2,1-2H3,(H,25,28)(H,26,27). The van der Waals surface area contributed by atoms with Gasteiger partial charge in [-0.05, 0) is 47.5 Å². The lowest BCUT2D eigenvalue weighted by Crippen LogP contribution is -2.32. The summed E-state index contributed by atoms with van der Waals surface area (Å²) < 4.78 is 27.6. The fourth-order valence-corrected chi connectivity index (χ4v) is 4.27. The highest BCUT2D eigenvalue weighted by molar-refractivity contribution is 7.89. The smallest absolute Gasteiger partial charge is 0.240 e. The maximum Gasteiger partial charge on any atom is 0.240 e. The van der Waals surface area contributed by atoms with Crippen LogP contribution >= 0.6 is 0 Å². The molecule has 0 saturated heterocycles. The molecule has 3 rings (SSSR count). The second-order valence-corrected chi connectivity index (χ2v) is 9.02. The highest BCUT2D eigenvalue weighted by atomic mass is 32.2. The van der Waals surface area contributed by atoms with E-state index in [0.717, 1.165) is 16.3 Å². The van der Waals surface area contributed by atoms with Gasteiger partial charge < -0.3 is 10.6 Å². The minimum atomic E-state index is -3.72. The number of nitrogens with one attached hydrogen (secondary N) is 3. The number of carbonyl (C=O) groups is 2. The lowest BCUT2D eigenvalue weighted by atomic mass is 10.1. The van der Waals surface area contributed by atoms with Crippen molar-refractivity contribution in [1.29, 1.82) is 0 Å². The molecule has 3 N–H and O–H groups in total. The number of sulfonamides is 1. The van der Waals surface area contributed by atoms with E-state index < -0.39 is 10.0 Å². The van der Waals surface area contributed by atoms with E-state index in [4.69, 9.17) is 0 Å². The minimum absolute atomic E-state index is 0.00252. The highest BCUT2D eigenvalue weighted by Gasteiger charge is 2.16. The molecular weight excluding hydrogens is 414 g/mol. The molecule has 8 heteroatoms. The first-order valence-electron chi connectivity index (χ1n) is 9.90. The summed E-state index contributed by atoms with van der Waals surface area (Å²) in [5, 5.41) is 7.33. The summed E-state index contributed by atoms with van der Waals surface area (Å²) in [5.41, 5.74) is 1.48. The molecule has 162 valence electrons. The molecule has 0 aliphatic rings. The molecule has 3 aromatic rings. The van der Waals surface area contributed by atoms with Crippen molar-refractivity contribution in [3.05, 3.63) is 72.3 Å². The second kappa shape index (κ2) is 9.72. The van der Waals surface area contributed by atoms with Crippen LogP contribution in [0, 0.1) is 0 Å². The number of amides is 2. The van der Waals surface area contributed by atoms with Crippen molar-refractivity contribution >= 4 is 38.3 Å². The molecule has 0 saturated carbocycles. The van der Waals surface area contributed by atoms with Crippen LogP contribution < -0.4 is 15.4 Å². The van der Waals surface area contributed by atoms with Gasteiger partial charge >= 0.3 is 0 Å². The zero-order valence-corrected chi connectivity index (χ0v) is 18.2. The molecule has 1 unspecified atom stereocenters. The van der Waals surface area contributed by atoms with Gasteiger partial charge in [-0.3, -0.25) is 9.59 Å². The van der Waals surface area contributed by atoms with Crippen LogP contribution in [0.2, 0.25) is 0 Å². The Balaban J connectivity index is 1.54. The Labute approximate surface area is 181 Å². The van der Waals surface area contributed by atoms with Gasteiger partial charge in [0.2, 0.25) is 21.8 Å². The van der Waals surface area contributed by atoms with Crippen LogP contribution in [-0.2, 0) is 19.6 Å². The summed E-state index contributed by atoms with van der Waals surface area (Å²) in [6, 6.07) is 19.3. The van der Waals surface area contributed by atoms with Crippen LogP contribution in [0.25, 0.3) is 10.8 Å². The van der Waals surface area contributed by atoms with Crippen molar-refractivity contribution in [3.8, 4) is 0 Å². The fourth-order valence-electron chi connectivity index (χ4n) is 3.20. The van der Waals surface area contributed by atoms with Crippen molar-refractivity contribution in [3.63, 3.8) is 0 Å². The Morgan fingerprint density at radius 1 is 0.935 bits per heavy atom. The van der Waals surface area contributed by atoms with E-state index in [2.05, 4.69) is 15.4 Å². The van der Waals surface area contributed by atoms with Gasteiger partial charge in [0.15, 0.2) is 0 Å². The minimum Gasteiger partial charge on any atom is -0.350 e. The van der Waals surface area contributed by atoms with Gasteiger partial charge in [-0.1, -0.05) is 42.5 Å². The lowest BCUT2D eigenvalue weighted by molar-refractivity contribution is -0.121. The first-order chi connectivity index (χ1) is 14.7. The van der Waals surface area contributed by atoms with Crippen LogP contribution in [0.3, 0.4) is 0 Å². The highest BCUT2D eigenvalue weighted by Crippen LogP contribution is 2.19. The van der Waals surface area contributed by atoms with E-state index in [1.54, 1.807) is 36.4 Å². The molecule has 0 heterocycles. The molecule has 0 aromatic heterocycles. The van der Waals surface area contributed by atoms with Crippen LogP contribution in [0.5, 0.6) is 0 Å². The number of carbonyl (C=O) groups excluding carboxylic acids is 2. The Morgan fingerprint density at radius 2 is 1.68 bits per heavy atom. The number of rotatable bonds is 8. The van der Waals surface area contributed by atoms with E-state index in [0.29, 0.717) is 5.69 Å². The van der Waals surface area contributed by atoms with Crippen LogP contribution in [-0.4, -0.2) is 26.8 Å². The van der Waals surface area contributed by atoms with E-state index in [-0.39, 0.29) is 35.7 Å². The number of anilines is 1. The molecule has 0 radical (unpaired) electrons. The van der Waals surface area contributed by atoms with E-state index in [1.807, 2.05) is 37.3 Å². The fraction of sp³-hybridized carbons (Fsp3) is 0.217. The van der Waals surface area contributed by atoms with Crippen molar-refractivity contribution in [1.82, 2.24) is 10.0 Å². The van der Waals surface area contributed by atoms with Crippen molar-refractivity contribution in [2.24, 2.45) is 0 Å². The number of benzene rings is 3. The van der Waals surface area contributed by atoms with Crippen molar-refractivity contribution in [2.45, 2.75) is 31.2 Å². The van der Waals surface area contributed by atoms with Gasteiger partial charge in [0.25, 0.3) is 0 Å². The average molecular weight is 440 g/mol. The second-order valence-electron chi connectivity index (χ2n) is 7.25. The SMILES string of the molecule is CC(=O)Nc1cccc(C(C)NC(=O)CCNS(=O)(=O)c2ccc3ccccc3c2)c1. The molecular formula is C23H25N3O4S. The third-order valence-electron chi connectivity index (χ3n) is 4.76. The predicted octanol–water partition coefficient (Wildman–Crippen LogP) is 3.34. The van der Waals surface area contributed by atoms with E-state index in [9.17, 15) is 18.0 Å². The maximum absolute atomic E-state index is 12.5. The third kappa shape index (κ3) is 6.13. The van der Waals surface area contributed by atoms with Gasteiger partial charge in [0, 0.05) is 25.6 Å². The largest absolute Gasteiger partial charge is 0.350 e. The monoisotopic (exact) mass is 439 g/mol. The summed E-state index contributed by atoms with van der Waals surface area (Å²) >= 11 is 0. The van der Waals surface area contributed by atoms with Crippen molar-refractivity contribution < 1.29 is 18.0 Å². The number of fused-ring (bicyclic) bond motifs is 1. The van der Waals surface area contributed by atoms with Gasteiger partial charge in [0.1, 0.15) is 0 Å². The Morgan fingerprint density at radius 3 is 2.42 bits per heavy atom. The molecule has 0 fully saturated rings. The summed E-state index contributed by atoms with van der Waals surface area (Å²) in [6.45, 7) is 3.24. The lowest BCUT2D eigenvalue weighted by Gasteiger charge is -2.16. The molecule has 0 bridgehead atoms. The zero-order valence-electron chi connectivity index (χ0n) is 17.4. The normalized spacial score (nSPS) is 12.3. The number of hydrogen-bond donors (Lipinski definition) is 3. The Hall–Kier alpha value is -3.23. The summed E-state index contributed by atoms with van der Waals surface area (Å²) in [7, 11) is -3.72. The van der Waals surface area contributed by atoms with Gasteiger partial charge in [0.05, 0.1) is 10.9 Å². The summed E-state index contributed by atoms with van der Waals surface area (Å²) in [6.07, 6.45) is 0.00252. The summed E-state index contributed by atoms with van der Waals surface area (Å²) in [5.74, 6) is -0.453. The topological polar surface area (TPSA) is 104 Å². The molecule has 1 atom stereocenters. The molecule has 31 heavy (non-hydrogen) atoms. The molecule has 0 aliphatic heterocycles. The van der Waals surface area contributed by atoms with Crippen LogP contribution in [0.15, 0.2) is 71.6 Å². The van der Waals surface area contributed by atoms with Gasteiger partial charge in [-0.25, -0.2) is 13.1 Å². The molecule has 7 nitrogen and oxygen atoms in total. The number of hydrogen-bond acceptors (Lipinski definition) is 4. The predicted molar refractivity (Wildman–Crippen MR) is 121 cm³/mol. The quantitative estimate of drug-likeness (QED) is 0.501.